The molecule has 0 amide bonds. The molecule has 0 aliphatic rings. The number of benzene rings is 1. The fourth-order valence-corrected chi connectivity index (χ4v) is 2.79. The molecule has 3 aromatic rings. The number of halogens is 4. The van der Waals surface area contributed by atoms with E-state index >= 15 is 0 Å². The second kappa shape index (κ2) is 6.39. The van der Waals surface area contributed by atoms with Crippen molar-refractivity contribution < 1.29 is 4.39 Å². The molecule has 2 heterocycles. The van der Waals surface area contributed by atoms with Gasteiger partial charge < -0.3 is 0 Å². The summed E-state index contributed by atoms with van der Waals surface area (Å²) in [5.41, 5.74) is -1.07. The zero-order chi connectivity index (χ0) is 17.4. The lowest BCUT2D eigenvalue weighted by molar-refractivity contribution is 0.628. The number of hydrogen-bond acceptors (Lipinski definition) is 3. The smallest absolute Gasteiger partial charge is 0.297 e. The highest BCUT2D eigenvalue weighted by molar-refractivity contribution is 6.33. The lowest BCUT2D eigenvalue weighted by atomic mass is 10.1. The molecule has 0 unspecified atom stereocenters. The van der Waals surface area contributed by atoms with E-state index in [2.05, 4.69) is 9.97 Å². The number of aromatic amines is 1. The Morgan fingerprint density at radius 2 is 1.83 bits per heavy atom. The number of H-pyrrole nitrogens is 1. The van der Waals surface area contributed by atoms with Crippen LogP contribution in [0.3, 0.4) is 0 Å². The van der Waals surface area contributed by atoms with Crippen molar-refractivity contribution in [1.29, 1.82) is 0 Å². The Morgan fingerprint density at radius 3 is 2.50 bits per heavy atom. The van der Waals surface area contributed by atoms with Gasteiger partial charge in [-0.1, -0.05) is 40.9 Å². The van der Waals surface area contributed by atoms with E-state index in [1.165, 1.54) is 30.6 Å². The largest absolute Gasteiger partial charge is 0.334 e. The van der Waals surface area contributed by atoms with Gasteiger partial charge in [0.15, 0.2) is 0 Å². The number of pyridine rings is 1. The number of rotatable bonds is 2. The Hall–Kier alpha value is -2.15. The Morgan fingerprint density at radius 1 is 1.08 bits per heavy atom. The molecule has 0 spiro atoms. The third-order valence-corrected chi connectivity index (χ3v) is 3.99. The average molecular weight is 387 g/mol. The summed E-state index contributed by atoms with van der Waals surface area (Å²) in [5.74, 6) is -0.639. The molecule has 9 heteroatoms. The first-order valence-corrected chi connectivity index (χ1v) is 7.63. The monoisotopic (exact) mass is 385 g/mol. The van der Waals surface area contributed by atoms with Crippen LogP contribution in [0.1, 0.15) is 0 Å². The van der Waals surface area contributed by atoms with E-state index in [0.29, 0.717) is 0 Å². The number of hydrogen-bond donors (Lipinski definition) is 1. The highest BCUT2D eigenvalue weighted by Crippen LogP contribution is 2.26. The first-order chi connectivity index (χ1) is 11.4. The molecular formula is C15H7Cl3FN3O2. The third kappa shape index (κ3) is 2.96. The number of nitrogens with one attached hydrogen (secondary N) is 1. The summed E-state index contributed by atoms with van der Waals surface area (Å²) in [7, 11) is 0. The maximum atomic E-state index is 13.3. The predicted octanol–water partition coefficient (Wildman–Crippen LogP) is 3.69. The van der Waals surface area contributed by atoms with Gasteiger partial charge in [-0.05, 0) is 23.8 Å². The molecule has 0 saturated heterocycles. The van der Waals surface area contributed by atoms with Crippen LogP contribution in [0.5, 0.6) is 0 Å². The summed E-state index contributed by atoms with van der Waals surface area (Å²) in [5, 5.41) is -0.107. The van der Waals surface area contributed by atoms with E-state index in [4.69, 9.17) is 34.8 Å². The predicted molar refractivity (Wildman–Crippen MR) is 90.9 cm³/mol. The van der Waals surface area contributed by atoms with Crippen molar-refractivity contribution in [3.05, 3.63) is 78.5 Å². The lowest BCUT2D eigenvalue weighted by Gasteiger charge is -2.09. The number of aromatic nitrogens is 3. The van der Waals surface area contributed by atoms with Crippen molar-refractivity contribution in [2.45, 2.75) is 0 Å². The molecule has 0 aliphatic carbocycles. The quantitative estimate of drug-likeness (QED) is 0.683. The average Bonchev–Trinajstić information content (AvgIpc) is 2.50. The SMILES string of the molecule is O=c1[nH]c(Cl)c(-c2ccc(F)c(Cl)c2)c(=O)n1-c1cncc(Cl)c1. The normalized spacial score (nSPS) is 10.8. The van der Waals surface area contributed by atoms with Gasteiger partial charge in [-0.2, -0.15) is 0 Å². The summed E-state index contributed by atoms with van der Waals surface area (Å²) < 4.78 is 14.2. The van der Waals surface area contributed by atoms with E-state index in [0.717, 1.165) is 10.6 Å². The Labute approximate surface area is 149 Å². The summed E-state index contributed by atoms with van der Waals surface area (Å²) in [6.45, 7) is 0. The second-order valence-corrected chi connectivity index (χ2v) is 5.97. The number of nitrogens with zero attached hydrogens (tertiary/aromatic N) is 2. The van der Waals surface area contributed by atoms with E-state index in [-0.39, 0.29) is 32.0 Å². The van der Waals surface area contributed by atoms with Crippen LogP contribution < -0.4 is 11.2 Å². The minimum atomic E-state index is -0.758. The zero-order valence-corrected chi connectivity index (χ0v) is 14.0. The molecule has 1 N–H and O–H groups in total. The highest BCUT2D eigenvalue weighted by atomic mass is 35.5. The zero-order valence-electron chi connectivity index (χ0n) is 11.7. The van der Waals surface area contributed by atoms with Crippen LogP contribution >= 0.6 is 34.8 Å². The van der Waals surface area contributed by atoms with Gasteiger partial charge in [0, 0.05) is 6.20 Å². The molecule has 1 aromatic carbocycles. The fourth-order valence-electron chi connectivity index (χ4n) is 2.17. The third-order valence-electron chi connectivity index (χ3n) is 3.21. The molecule has 0 radical (unpaired) electrons. The molecule has 0 atom stereocenters. The maximum absolute atomic E-state index is 13.3. The first kappa shape index (κ1) is 16.7. The van der Waals surface area contributed by atoms with Crippen molar-refractivity contribution in [2.24, 2.45) is 0 Å². The first-order valence-electron chi connectivity index (χ1n) is 6.49. The van der Waals surface area contributed by atoms with E-state index in [9.17, 15) is 14.0 Å². The van der Waals surface area contributed by atoms with E-state index in [1.807, 2.05) is 0 Å². The molecule has 122 valence electrons. The van der Waals surface area contributed by atoms with Gasteiger partial charge in [0.25, 0.3) is 5.56 Å². The van der Waals surface area contributed by atoms with Crippen LogP contribution in [0, 0.1) is 5.82 Å². The van der Waals surface area contributed by atoms with Crippen molar-refractivity contribution in [3.63, 3.8) is 0 Å². The molecule has 0 aliphatic heterocycles. The van der Waals surface area contributed by atoms with Crippen LogP contribution in [0.2, 0.25) is 15.2 Å². The summed E-state index contributed by atoms with van der Waals surface area (Å²) >= 11 is 17.6. The van der Waals surface area contributed by atoms with Crippen LogP contribution in [0.15, 0.2) is 46.2 Å². The summed E-state index contributed by atoms with van der Waals surface area (Å²) in [6, 6.07) is 5.09. The van der Waals surface area contributed by atoms with Gasteiger partial charge in [0.05, 0.1) is 27.5 Å². The van der Waals surface area contributed by atoms with Gasteiger partial charge >= 0.3 is 5.69 Å². The van der Waals surface area contributed by atoms with Gasteiger partial charge in [-0.25, -0.2) is 13.8 Å². The van der Waals surface area contributed by atoms with E-state index in [1.54, 1.807) is 0 Å². The van der Waals surface area contributed by atoms with Gasteiger partial charge in [0.1, 0.15) is 11.0 Å². The van der Waals surface area contributed by atoms with Crippen molar-refractivity contribution in [3.8, 4) is 16.8 Å². The minimum Gasteiger partial charge on any atom is -0.297 e. The molecular weight excluding hydrogens is 380 g/mol. The van der Waals surface area contributed by atoms with Gasteiger partial charge in [-0.15, -0.1) is 0 Å². The van der Waals surface area contributed by atoms with Crippen molar-refractivity contribution in [1.82, 2.24) is 14.5 Å². The van der Waals surface area contributed by atoms with Crippen molar-refractivity contribution in [2.75, 3.05) is 0 Å². The summed E-state index contributed by atoms with van der Waals surface area (Å²) in [4.78, 5) is 31.1. The van der Waals surface area contributed by atoms with E-state index < -0.39 is 17.1 Å². The molecule has 24 heavy (non-hydrogen) atoms. The lowest BCUT2D eigenvalue weighted by Crippen LogP contribution is -2.35. The molecule has 0 bridgehead atoms. The Kier molecular flexibility index (Phi) is 4.45. The second-order valence-electron chi connectivity index (χ2n) is 4.75. The molecule has 0 fully saturated rings. The summed E-state index contributed by atoms with van der Waals surface area (Å²) in [6.07, 6.45) is 2.67. The highest BCUT2D eigenvalue weighted by Gasteiger charge is 2.17. The molecule has 2 aromatic heterocycles. The van der Waals surface area contributed by atoms with Crippen LogP contribution in [0.4, 0.5) is 4.39 Å². The minimum absolute atomic E-state index is 0.0295. The van der Waals surface area contributed by atoms with Gasteiger partial charge in [-0.3, -0.25) is 14.8 Å². The maximum Gasteiger partial charge on any atom is 0.334 e. The Balaban J connectivity index is 2.33. The molecule has 5 nitrogen and oxygen atoms in total. The molecule has 3 rings (SSSR count). The topological polar surface area (TPSA) is 67.8 Å². The standard InChI is InChI=1S/C15H7Cl3FN3O2/c16-8-4-9(6-20-5-8)22-14(23)12(13(18)21-15(22)24)7-1-2-11(19)10(17)3-7/h1-6H,(H,21,24). The fraction of sp³-hybridized carbons (Fsp3) is 0. The Bertz CT molecular complexity index is 1060. The molecule has 0 saturated carbocycles. The van der Waals surface area contributed by atoms with Gasteiger partial charge in [0.2, 0.25) is 0 Å². The van der Waals surface area contributed by atoms with Crippen molar-refractivity contribution >= 4 is 34.8 Å². The van der Waals surface area contributed by atoms with Crippen LogP contribution in [-0.2, 0) is 0 Å². The van der Waals surface area contributed by atoms with Crippen LogP contribution in [-0.4, -0.2) is 14.5 Å². The van der Waals surface area contributed by atoms with Crippen LogP contribution in [0.25, 0.3) is 16.8 Å².